The van der Waals surface area contributed by atoms with Crippen LogP contribution in [0.1, 0.15) is 0 Å². The molecule has 112 valence electrons. The molecule has 21 heavy (non-hydrogen) atoms. The third kappa shape index (κ3) is 4.23. The molecular weight excluding hydrogens is 292 g/mol. The third-order valence-corrected chi connectivity index (χ3v) is 3.56. The Kier molecular flexibility index (Phi) is 5.22. The Balaban J connectivity index is 1.90. The molecule has 1 heterocycles. The van der Waals surface area contributed by atoms with Gasteiger partial charge in [-0.2, -0.15) is 0 Å². The van der Waals surface area contributed by atoms with Crippen LogP contribution in [0.25, 0.3) is 0 Å². The first-order valence-electron chi connectivity index (χ1n) is 6.65. The average Bonchev–Trinajstić information content (AvgIpc) is 2.52. The maximum atomic E-state index is 11.9. The van der Waals surface area contributed by atoms with E-state index in [2.05, 4.69) is 9.64 Å². The number of carbonyl (C=O) groups is 2. The lowest BCUT2D eigenvalue weighted by Gasteiger charge is -2.35. The van der Waals surface area contributed by atoms with Gasteiger partial charge >= 0.3 is 5.97 Å². The summed E-state index contributed by atoms with van der Waals surface area (Å²) in [4.78, 5) is 26.8. The van der Waals surface area contributed by atoms with Gasteiger partial charge in [0.2, 0.25) is 5.91 Å². The van der Waals surface area contributed by atoms with Crippen molar-refractivity contribution >= 4 is 29.2 Å². The lowest BCUT2D eigenvalue weighted by atomic mass is 10.2. The van der Waals surface area contributed by atoms with Crippen LogP contribution >= 0.6 is 11.6 Å². The summed E-state index contributed by atoms with van der Waals surface area (Å²) in [5.41, 5.74) is 1.06. The molecule has 2 rings (SSSR count). The van der Waals surface area contributed by atoms with Gasteiger partial charge in [0.15, 0.2) is 0 Å². The van der Waals surface area contributed by atoms with Crippen LogP contribution in [0.5, 0.6) is 0 Å². The van der Waals surface area contributed by atoms with Gasteiger partial charge in [-0.15, -0.1) is 0 Å². The summed E-state index contributed by atoms with van der Waals surface area (Å²) in [6.07, 6.45) is 2.40. The Morgan fingerprint density at radius 2 is 1.90 bits per heavy atom. The van der Waals surface area contributed by atoms with E-state index in [9.17, 15) is 9.59 Å². The molecule has 1 amide bonds. The van der Waals surface area contributed by atoms with Crippen LogP contribution in [0.3, 0.4) is 0 Å². The molecule has 1 aromatic rings. The molecule has 0 spiro atoms. The molecule has 0 aliphatic carbocycles. The number of carbonyl (C=O) groups excluding carboxylic acids is 2. The molecule has 0 unspecified atom stereocenters. The molecule has 0 saturated carbocycles. The van der Waals surface area contributed by atoms with Crippen LogP contribution < -0.4 is 4.90 Å². The maximum absolute atomic E-state index is 11.9. The van der Waals surface area contributed by atoms with Gasteiger partial charge in [-0.1, -0.05) is 17.7 Å². The van der Waals surface area contributed by atoms with Gasteiger partial charge in [0.25, 0.3) is 0 Å². The van der Waals surface area contributed by atoms with Crippen molar-refractivity contribution in [1.29, 1.82) is 0 Å². The summed E-state index contributed by atoms with van der Waals surface area (Å²) in [7, 11) is 1.28. The van der Waals surface area contributed by atoms with Crippen molar-refractivity contribution in [1.82, 2.24) is 4.90 Å². The van der Waals surface area contributed by atoms with E-state index in [0.29, 0.717) is 18.1 Å². The fourth-order valence-electron chi connectivity index (χ4n) is 2.17. The number of hydrogen-bond donors (Lipinski definition) is 0. The van der Waals surface area contributed by atoms with Crippen LogP contribution in [-0.4, -0.2) is 50.1 Å². The summed E-state index contributed by atoms with van der Waals surface area (Å²) in [5, 5.41) is 0.701. The Hall–Kier alpha value is -2.01. The minimum Gasteiger partial charge on any atom is -0.466 e. The topological polar surface area (TPSA) is 49.9 Å². The fraction of sp³-hybridized carbons (Fsp3) is 0.333. The smallest absolute Gasteiger partial charge is 0.330 e. The van der Waals surface area contributed by atoms with Crippen molar-refractivity contribution in [3.05, 3.63) is 41.4 Å². The van der Waals surface area contributed by atoms with E-state index in [1.54, 1.807) is 4.90 Å². The number of piperazine rings is 1. The van der Waals surface area contributed by atoms with E-state index < -0.39 is 5.97 Å². The summed E-state index contributed by atoms with van der Waals surface area (Å²) < 4.78 is 4.46. The Morgan fingerprint density at radius 1 is 1.19 bits per heavy atom. The van der Waals surface area contributed by atoms with E-state index in [1.807, 2.05) is 24.3 Å². The monoisotopic (exact) mass is 308 g/mol. The Morgan fingerprint density at radius 3 is 2.52 bits per heavy atom. The number of halogens is 1. The predicted molar refractivity (Wildman–Crippen MR) is 81.4 cm³/mol. The third-order valence-electron chi connectivity index (χ3n) is 3.33. The molecular formula is C15H17ClN2O3. The highest BCUT2D eigenvalue weighted by Crippen LogP contribution is 2.20. The number of esters is 1. The van der Waals surface area contributed by atoms with Crippen molar-refractivity contribution < 1.29 is 14.3 Å². The van der Waals surface area contributed by atoms with Gasteiger partial charge in [-0.3, -0.25) is 4.79 Å². The number of ether oxygens (including phenoxy) is 1. The van der Waals surface area contributed by atoms with Gasteiger partial charge < -0.3 is 14.5 Å². The summed E-state index contributed by atoms with van der Waals surface area (Å²) in [6.45, 7) is 2.68. The zero-order chi connectivity index (χ0) is 15.2. The standard InChI is InChI=1S/C15H17ClN2O3/c1-21-15(20)6-5-14(19)18-9-7-17(8-10-18)13-4-2-3-12(16)11-13/h2-6,11H,7-10H2,1H3/b6-5+. The fourth-order valence-corrected chi connectivity index (χ4v) is 2.36. The molecule has 1 fully saturated rings. The minimum atomic E-state index is -0.527. The van der Waals surface area contributed by atoms with Gasteiger partial charge in [0.1, 0.15) is 0 Å². The SMILES string of the molecule is COC(=O)/C=C/C(=O)N1CCN(c2cccc(Cl)c2)CC1. The number of nitrogens with zero attached hydrogens (tertiary/aromatic N) is 2. The first kappa shape index (κ1) is 15.4. The van der Waals surface area contributed by atoms with E-state index in [-0.39, 0.29) is 5.91 Å². The van der Waals surface area contributed by atoms with Crippen molar-refractivity contribution in [3.63, 3.8) is 0 Å². The van der Waals surface area contributed by atoms with Gasteiger partial charge in [-0.05, 0) is 18.2 Å². The Labute approximate surface area is 128 Å². The lowest BCUT2D eigenvalue weighted by Crippen LogP contribution is -2.48. The first-order chi connectivity index (χ1) is 10.1. The zero-order valence-electron chi connectivity index (χ0n) is 11.8. The molecule has 5 nitrogen and oxygen atoms in total. The summed E-state index contributed by atoms with van der Waals surface area (Å²) >= 11 is 5.98. The van der Waals surface area contributed by atoms with Crippen LogP contribution in [-0.2, 0) is 14.3 Å². The van der Waals surface area contributed by atoms with Crippen LogP contribution in [0.15, 0.2) is 36.4 Å². The Bertz CT molecular complexity index is 552. The summed E-state index contributed by atoms with van der Waals surface area (Å²) in [5.74, 6) is -0.702. The van der Waals surface area contributed by atoms with Crippen molar-refractivity contribution in [2.24, 2.45) is 0 Å². The number of amides is 1. The highest BCUT2D eigenvalue weighted by molar-refractivity contribution is 6.30. The summed E-state index contributed by atoms with van der Waals surface area (Å²) in [6, 6.07) is 7.66. The molecule has 0 N–H and O–H groups in total. The van der Waals surface area contributed by atoms with Crippen LogP contribution in [0.4, 0.5) is 5.69 Å². The molecule has 0 radical (unpaired) electrons. The largest absolute Gasteiger partial charge is 0.466 e. The van der Waals surface area contributed by atoms with Crippen molar-refractivity contribution in [3.8, 4) is 0 Å². The molecule has 1 aromatic carbocycles. The second-order valence-electron chi connectivity index (χ2n) is 4.65. The molecule has 1 saturated heterocycles. The molecule has 0 bridgehead atoms. The van der Waals surface area contributed by atoms with Crippen molar-refractivity contribution in [2.75, 3.05) is 38.2 Å². The number of rotatable bonds is 3. The minimum absolute atomic E-state index is 0.175. The molecule has 1 aliphatic rings. The van der Waals surface area contributed by atoms with Gasteiger partial charge in [0.05, 0.1) is 7.11 Å². The normalized spacial score (nSPS) is 15.3. The number of hydrogen-bond acceptors (Lipinski definition) is 4. The van der Waals surface area contributed by atoms with E-state index >= 15 is 0 Å². The second kappa shape index (κ2) is 7.13. The lowest BCUT2D eigenvalue weighted by molar-refractivity contribution is -0.135. The number of anilines is 1. The van der Waals surface area contributed by atoms with Crippen LogP contribution in [0.2, 0.25) is 5.02 Å². The zero-order valence-corrected chi connectivity index (χ0v) is 12.5. The first-order valence-corrected chi connectivity index (χ1v) is 7.03. The molecule has 0 atom stereocenters. The quantitative estimate of drug-likeness (QED) is 0.630. The highest BCUT2D eigenvalue weighted by Gasteiger charge is 2.20. The van der Waals surface area contributed by atoms with Gasteiger partial charge in [0, 0.05) is 49.0 Å². The van der Waals surface area contributed by atoms with E-state index in [1.165, 1.54) is 13.2 Å². The number of methoxy groups -OCH3 is 1. The predicted octanol–water partition coefficient (Wildman–Crippen LogP) is 1.72. The number of benzene rings is 1. The molecule has 6 heteroatoms. The maximum Gasteiger partial charge on any atom is 0.330 e. The van der Waals surface area contributed by atoms with Crippen molar-refractivity contribution in [2.45, 2.75) is 0 Å². The highest BCUT2D eigenvalue weighted by atomic mass is 35.5. The second-order valence-corrected chi connectivity index (χ2v) is 5.09. The van der Waals surface area contributed by atoms with E-state index in [4.69, 9.17) is 11.6 Å². The average molecular weight is 309 g/mol. The molecule has 0 aromatic heterocycles. The van der Waals surface area contributed by atoms with Crippen LogP contribution in [0, 0.1) is 0 Å². The molecule has 1 aliphatic heterocycles. The van der Waals surface area contributed by atoms with E-state index in [0.717, 1.165) is 24.9 Å². The van der Waals surface area contributed by atoms with Gasteiger partial charge in [-0.25, -0.2) is 4.79 Å².